The fraction of sp³-hybridized carbons (Fsp3) is 1.00. The van der Waals surface area contributed by atoms with Crippen molar-refractivity contribution >= 4 is 0 Å². The molecule has 0 radical (unpaired) electrons. The van der Waals surface area contributed by atoms with E-state index in [9.17, 15) is 15.3 Å². The molecule has 5 atom stereocenters. The maximum Gasteiger partial charge on any atom is 0.186 e. The topological polar surface area (TPSA) is 99.4 Å². The lowest BCUT2D eigenvalue weighted by Crippen LogP contribution is -2.59. The molecule has 1 aliphatic heterocycles. The molecule has 0 amide bonds. The molecular formula is C10H20O6. The number of aliphatic hydroxyl groups is 4. The van der Waals surface area contributed by atoms with Gasteiger partial charge in [0.25, 0.3) is 0 Å². The van der Waals surface area contributed by atoms with Crippen LogP contribution in [0.3, 0.4) is 0 Å². The first-order valence-corrected chi connectivity index (χ1v) is 5.54. The molecule has 4 N–H and O–H groups in total. The second-order valence-electron chi connectivity index (χ2n) is 3.92. The van der Waals surface area contributed by atoms with E-state index in [-0.39, 0.29) is 0 Å². The number of ether oxygens (including phenoxy) is 2. The average molecular weight is 236 g/mol. The van der Waals surface area contributed by atoms with E-state index < -0.39 is 37.3 Å². The molecule has 1 heterocycles. The number of rotatable bonds is 5. The molecule has 0 aromatic rings. The largest absolute Gasteiger partial charge is 0.394 e. The molecule has 0 aliphatic carbocycles. The van der Waals surface area contributed by atoms with Gasteiger partial charge in [0.2, 0.25) is 0 Å². The predicted molar refractivity (Wildman–Crippen MR) is 54.6 cm³/mol. The number of hydrogen-bond donors (Lipinski definition) is 4. The minimum Gasteiger partial charge on any atom is -0.394 e. The number of unbranched alkanes of at least 4 members (excludes halogenated alkanes) is 1. The number of hydrogen-bond acceptors (Lipinski definition) is 6. The van der Waals surface area contributed by atoms with Crippen LogP contribution in [0.15, 0.2) is 0 Å². The van der Waals surface area contributed by atoms with Crippen LogP contribution in [0.4, 0.5) is 0 Å². The highest BCUT2D eigenvalue weighted by atomic mass is 16.7. The molecule has 0 aromatic heterocycles. The maximum atomic E-state index is 9.58. The van der Waals surface area contributed by atoms with Crippen LogP contribution in [0.25, 0.3) is 0 Å². The second kappa shape index (κ2) is 6.48. The van der Waals surface area contributed by atoms with Gasteiger partial charge in [0, 0.05) is 6.61 Å². The van der Waals surface area contributed by atoms with E-state index in [0.29, 0.717) is 6.61 Å². The standard InChI is InChI=1S/C10H20O6/c1-2-3-4-15-10-9(14)8(13)7(12)6(5-11)16-10/h6-14H,2-5H2,1H3/t6?,7-,8?,9?,10+/m0/s1. The first-order valence-electron chi connectivity index (χ1n) is 5.54. The van der Waals surface area contributed by atoms with E-state index in [1.54, 1.807) is 0 Å². The van der Waals surface area contributed by atoms with Crippen LogP contribution >= 0.6 is 0 Å². The first kappa shape index (κ1) is 13.8. The summed E-state index contributed by atoms with van der Waals surface area (Å²) in [7, 11) is 0. The van der Waals surface area contributed by atoms with Crippen molar-refractivity contribution < 1.29 is 29.9 Å². The average Bonchev–Trinajstić information content (AvgIpc) is 2.29. The summed E-state index contributed by atoms with van der Waals surface area (Å²) in [6, 6.07) is 0. The van der Waals surface area contributed by atoms with Crippen LogP contribution < -0.4 is 0 Å². The van der Waals surface area contributed by atoms with E-state index in [1.807, 2.05) is 6.92 Å². The van der Waals surface area contributed by atoms with Crippen molar-refractivity contribution in [1.29, 1.82) is 0 Å². The molecular weight excluding hydrogens is 216 g/mol. The summed E-state index contributed by atoms with van der Waals surface area (Å²) in [6.07, 6.45) is -4.13. The predicted octanol–water partition coefficient (Wildman–Crippen LogP) is -1.40. The Morgan fingerprint density at radius 1 is 1.12 bits per heavy atom. The van der Waals surface area contributed by atoms with Gasteiger partial charge in [0.05, 0.1) is 6.61 Å². The van der Waals surface area contributed by atoms with E-state index in [0.717, 1.165) is 12.8 Å². The molecule has 0 spiro atoms. The first-order chi connectivity index (χ1) is 7.61. The quantitative estimate of drug-likeness (QED) is 0.438. The monoisotopic (exact) mass is 236 g/mol. The molecule has 0 saturated carbocycles. The molecule has 6 nitrogen and oxygen atoms in total. The lowest BCUT2D eigenvalue weighted by Gasteiger charge is -2.39. The summed E-state index contributed by atoms with van der Waals surface area (Å²) < 4.78 is 10.4. The van der Waals surface area contributed by atoms with E-state index in [4.69, 9.17) is 14.6 Å². The molecule has 0 bridgehead atoms. The van der Waals surface area contributed by atoms with Gasteiger partial charge in [-0.25, -0.2) is 0 Å². The minimum atomic E-state index is -1.36. The van der Waals surface area contributed by atoms with Gasteiger partial charge in [0.1, 0.15) is 24.4 Å². The lowest BCUT2D eigenvalue weighted by molar-refractivity contribution is -0.301. The SMILES string of the molecule is CCCCO[C@@H]1OC(CO)[C@H](O)C(O)C1O. The molecule has 1 rings (SSSR count). The summed E-state index contributed by atoms with van der Waals surface area (Å²) >= 11 is 0. The van der Waals surface area contributed by atoms with Gasteiger partial charge in [-0.05, 0) is 6.42 Å². The van der Waals surface area contributed by atoms with Crippen molar-refractivity contribution in [3.05, 3.63) is 0 Å². The van der Waals surface area contributed by atoms with Crippen molar-refractivity contribution in [3.8, 4) is 0 Å². The fourth-order valence-electron chi connectivity index (χ4n) is 1.55. The summed E-state index contributed by atoms with van der Waals surface area (Å²) in [5.41, 5.74) is 0. The van der Waals surface area contributed by atoms with Crippen LogP contribution in [0.5, 0.6) is 0 Å². The van der Waals surface area contributed by atoms with Gasteiger partial charge in [-0.1, -0.05) is 13.3 Å². The van der Waals surface area contributed by atoms with Crippen molar-refractivity contribution in [3.63, 3.8) is 0 Å². The zero-order valence-electron chi connectivity index (χ0n) is 9.32. The smallest absolute Gasteiger partial charge is 0.186 e. The van der Waals surface area contributed by atoms with E-state index >= 15 is 0 Å². The molecule has 16 heavy (non-hydrogen) atoms. The van der Waals surface area contributed by atoms with Gasteiger partial charge in [-0.15, -0.1) is 0 Å². The third-order valence-corrected chi connectivity index (χ3v) is 2.63. The second-order valence-corrected chi connectivity index (χ2v) is 3.92. The molecule has 1 aliphatic rings. The van der Waals surface area contributed by atoms with Crippen LogP contribution in [0.2, 0.25) is 0 Å². The molecule has 1 fully saturated rings. The van der Waals surface area contributed by atoms with Crippen molar-refractivity contribution in [2.45, 2.75) is 50.5 Å². The zero-order valence-corrected chi connectivity index (χ0v) is 9.32. The highest BCUT2D eigenvalue weighted by molar-refractivity contribution is 4.88. The Labute approximate surface area is 94.4 Å². The third kappa shape index (κ3) is 3.13. The Morgan fingerprint density at radius 2 is 1.81 bits per heavy atom. The molecule has 96 valence electrons. The van der Waals surface area contributed by atoms with Crippen molar-refractivity contribution in [2.75, 3.05) is 13.2 Å². The summed E-state index contributed by atoms with van der Waals surface area (Å²) in [4.78, 5) is 0. The summed E-state index contributed by atoms with van der Waals surface area (Å²) in [6.45, 7) is 1.97. The van der Waals surface area contributed by atoms with Gasteiger partial charge in [-0.3, -0.25) is 0 Å². The maximum absolute atomic E-state index is 9.58. The Bertz CT molecular complexity index is 198. The van der Waals surface area contributed by atoms with Gasteiger partial charge in [0.15, 0.2) is 6.29 Å². The summed E-state index contributed by atoms with van der Waals surface area (Å²) in [5, 5.41) is 37.5. The van der Waals surface area contributed by atoms with Crippen LogP contribution in [0, 0.1) is 0 Å². The Kier molecular flexibility index (Phi) is 5.60. The summed E-state index contributed by atoms with van der Waals surface area (Å²) in [5.74, 6) is 0. The Hall–Kier alpha value is -0.240. The third-order valence-electron chi connectivity index (χ3n) is 2.63. The van der Waals surface area contributed by atoms with Crippen LogP contribution in [-0.4, -0.2) is 64.3 Å². The van der Waals surface area contributed by atoms with Crippen LogP contribution in [0.1, 0.15) is 19.8 Å². The van der Waals surface area contributed by atoms with Gasteiger partial charge >= 0.3 is 0 Å². The molecule has 6 heteroatoms. The normalized spacial score (nSPS) is 39.9. The molecule has 3 unspecified atom stereocenters. The Morgan fingerprint density at radius 3 is 2.38 bits per heavy atom. The highest BCUT2D eigenvalue weighted by Crippen LogP contribution is 2.21. The van der Waals surface area contributed by atoms with Crippen molar-refractivity contribution in [2.24, 2.45) is 0 Å². The van der Waals surface area contributed by atoms with Crippen molar-refractivity contribution in [1.82, 2.24) is 0 Å². The Balaban J connectivity index is 2.50. The lowest BCUT2D eigenvalue weighted by atomic mass is 9.99. The molecule has 0 aromatic carbocycles. The van der Waals surface area contributed by atoms with E-state index in [1.165, 1.54) is 0 Å². The van der Waals surface area contributed by atoms with Gasteiger partial charge in [-0.2, -0.15) is 0 Å². The van der Waals surface area contributed by atoms with Crippen LogP contribution in [-0.2, 0) is 9.47 Å². The highest BCUT2D eigenvalue weighted by Gasteiger charge is 2.43. The van der Waals surface area contributed by atoms with E-state index in [2.05, 4.69) is 0 Å². The molecule has 1 saturated heterocycles. The van der Waals surface area contributed by atoms with Gasteiger partial charge < -0.3 is 29.9 Å². The fourth-order valence-corrected chi connectivity index (χ4v) is 1.55. The number of aliphatic hydroxyl groups excluding tert-OH is 4. The zero-order chi connectivity index (χ0) is 12.1. The minimum absolute atomic E-state index is 0.402.